The van der Waals surface area contributed by atoms with E-state index in [2.05, 4.69) is 35.6 Å². The molecule has 0 aliphatic rings. The van der Waals surface area contributed by atoms with Gasteiger partial charge in [-0.15, -0.1) is 11.3 Å². The van der Waals surface area contributed by atoms with Crippen LogP contribution in [0.3, 0.4) is 0 Å². The summed E-state index contributed by atoms with van der Waals surface area (Å²) in [6, 6.07) is 5.09. The van der Waals surface area contributed by atoms with Gasteiger partial charge in [0, 0.05) is 24.2 Å². The van der Waals surface area contributed by atoms with Crippen LogP contribution in [0.5, 0.6) is 0 Å². The summed E-state index contributed by atoms with van der Waals surface area (Å²) >= 11 is 6.51. The molecule has 0 radical (unpaired) electrons. The lowest BCUT2D eigenvalue weighted by Crippen LogP contribution is -2.27. The van der Waals surface area contributed by atoms with Crippen LogP contribution in [0.1, 0.15) is 43.7 Å². The lowest BCUT2D eigenvalue weighted by molar-refractivity contribution is -0.137. The molecular formula is C22H15ClF3N7O2S. The Hall–Kier alpha value is -3.97. The molecule has 0 spiro atoms. The van der Waals surface area contributed by atoms with Gasteiger partial charge in [0.15, 0.2) is 0 Å². The Kier molecular flexibility index (Phi) is 7.22. The van der Waals surface area contributed by atoms with E-state index >= 15 is 0 Å². The lowest BCUT2D eigenvalue weighted by atomic mass is 10.1. The number of hydrogen-bond acceptors (Lipinski definition) is 8. The SMILES string of the molecule is CC(NC(=O)c1cc(-c2ccncc2)ncn1)c1ncc(C(=O)Nc2cc(C(F)(F)F)c(Cl)cn2)s1. The predicted molar refractivity (Wildman–Crippen MR) is 125 cm³/mol. The molecule has 2 amide bonds. The first-order valence-electron chi connectivity index (χ1n) is 10.1. The Labute approximate surface area is 210 Å². The highest BCUT2D eigenvalue weighted by Gasteiger charge is 2.34. The van der Waals surface area contributed by atoms with Gasteiger partial charge in [-0.1, -0.05) is 11.6 Å². The molecule has 0 saturated carbocycles. The van der Waals surface area contributed by atoms with Gasteiger partial charge < -0.3 is 10.6 Å². The van der Waals surface area contributed by atoms with Crippen molar-refractivity contribution in [3.63, 3.8) is 0 Å². The second-order valence-electron chi connectivity index (χ2n) is 7.28. The van der Waals surface area contributed by atoms with Crippen LogP contribution in [0.2, 0.25) is 5.02 Å². The van der Waals surface area contributed by atoms with Crippen molar-refractivity contribution in [3.8, 4) is 11.3 Å². The van der Waals surface area contributed by atoms with Crippen LogP contribution in [0.25, 0.3) is 11.3 Å². The predicted octanol–water partition coefficient (Wildman–Crippen LogP) is 4.81. The fourth-order valence-corrected chi connectivity index (χ4v) is 4.02. The van der Waals surface area contributed by atoms with Crippen molar-refractivity contribution in [1.29, 1.82) is 0 Å². The molecule has 4 aromatic heterocycles. The number of pyridine rings is 2. The summed E-state index contributed by atoms with van der Waals surface area (Å²) in [6.45, 7) is 1.67. The second-order valence-corrected chi connectivity index (χ2v) is 8.75. The normalized spacial score (nSPS) is 12.1. The highest BCUT2D eigenvalue weighted by Crippen LogP contribution is 2.35. The number of anilines is 1. The third kappa shape index (κ3) is 5.80. The third-order valence-electron chi connectivity index (χ3n) is 4.74. The number of carbonyl (C=O) groups excluding carboxylic acids is 2. The average molecular weight is 534 g/mol. The van der Waals surface area contributed by atoms with Gasteiger partial charge >= 0.3 is 6.18 Å². The number of thiazole rings is 1. The number of carbonyl (C=O) groups is 2. The van der Waals surface area contributed by atoms with Gasteiger partial charge in [0.05, 0.1) is 28.5 Å². The molecule has 0 aliphatic heterocycles. The molecule has 0 saturated heterocycles. The third-order valence-corrected chi connectivity index (χ3v) is 6.22. The fraction of sp³-hybridized carbons (Fsp3) is 0.136. The van der Waals surface area contributed by atoms with Crippen LogP contribution >= 0.6 is 22.9 Å². The molecule has 1 atom stereocenters. The van der Waals surface area contributed by atoms with Crippen molar-refractivity contribution in [1.82, 2.24) is 30.2 Å². The standard InChI is InChI=1S/C22H15ClF3N7O2S/c1-11(32-19(34)16-7-15(30-10-31-16)12-2-4-27-5-3-12)21-29-9-17(36-21)20(35)33-18-6-13(22(24,25)26)14(23)8-28-18/h2-11H,1H3,(H,32,34)(H,28,33,35). The Morgan fingerprint density at radius 1 is 1.03 bits per heavy atom. The molecule has 184 valence electrons. The molecule has 1 unspecified atom stereocenters. The van der Waals surface area contributed by atoms with E-state index in [-0.39, 0.29) is 16.4 Å². The number of amides is 2. The fourth-order valence-electron chi connectivity index (χ4n) is 2.99. The monoisotopic (exact) mass is 533 g/mol. The van der Waals surface area contributed by atoms with Crippen LogP contribution in [0, 0.1) is 0 Å². The molecule has 0 aliphatic carbocycles. The highest BCUT2D eigenvalue weighted by molar-refractivity contribution is 7.13. The van der Waals surface area contributed by atoms with Crippen molar-refractivity contribution in [2.45, 2.75) is 19.1 Å². The zero-order valence-corrected chi connectivity index (χ0v) is 19.8. The molecular weight excluding hydrogens is 519 g/mol. The van der Waals surface area contributed by atoms with E-state index in [0.29, 0.717) is 16.8 Å². The molecule has 4 heterocycles. The van der Waals surface area contributed by atoms with Crippen LogP contribution in [-0.4, -0.2) is 36.7 Å². The van der Waals surface area contributed by atoms with Crippen molar-refractivity contribution in [2.24, 2.45) is 0 Å². The molecule has 0 bridgehead atoms. The van der Waals surface area contributed by atoms with Crippen molar-refractivity contribution < 1.29 is 22.8 Å². The Morgan fingerprint density at radius 3 is 2.50 bits per heavy atom. The molecule has 14 heteroatoms. The average Bonchev–Trinajstić information content (AvgIpc) is 3.36. The number of alkyl halides is 3. The van der Waals surface area contributed by atoms with E-state index in [1.54, 1.807) is 31.5 Å². The highest BCUT2D eigenvalue weighted by atomic mass is 35.5. The van der Waals surface area contributed by atoms with Crippen molar-refractivity contribution >= 4 is 40.6 Å². The number of aromatic nitrogens is 5. The summed E-state index contributed by atoms with van der Waals surface area (Å²) < 4.78 is 39.1. The lowest BCUT2D eigenvalue weighted by Gasteiger charge is -2.11. The molecule has 2 N–H and O–H groups in total. The first-order valence-corrected chi connectivity index (χ1v) is 11.3. The van der Waals surface area contributed by atoms with Gasteiger partial charge in [-0.05, 0) is 31.2 Å². The molecule has 4 aromatic rings. The maximum absolute atomic E-state index is 13.0. The minimum absolute atomic E-state index is 0.110. The zero-order chi connectivity index (χ0) is 25.9. The van der Waals surface area contributed by atoms with E-state index in [1.165, 1.54) is 18.6 Å². The summed E-state index contributed by atoms with van der Waals surface area (Å²) in [5, 5.41) is 4.86. The Bertz CT molecular complexity index is 1420. The van der Waals surface area contributed by atoms with E-state index < -0.39 is 34.6 Å². The smallest absolute Gasteiger partial charge is 0.342 e. The maximum atomic E-state index is 13.0. The Morgan fingerprint density at radius 2 is 1.78 bits per heavy atom. The summed E-state index contributed by atoms with van der Waals surface area (Å²) in [4.78, 5) is 45.3. The van der Waals surface area contributed by atoms with Crippen LogP contribution in [0.15, 0.2) is 55.4 Å². The van der Waals surface area contributed by atoms with Gasteiger partial charge in [0.1, 0.15) is 27.7 Å². The first kappa shape index (κ1) is 25.1. The summed E-state index contributed by atoms with van der Waals surface area (Å²) in [5.41, 5.74) is 0.325. The van der Waals surface area contributed by atoms with Crippen molar-refractivity contribution in [3.05, 3.63) is 81.5 Å². The van der Waals surface area contributed by atoms with E-state index in [1.807, 2.05) is 0 Å². The number of nitrogens with one attached hydrogen (secondary N) is 2. The molecule has 0 fully saturated rings. The topological polar surface area (TPSA) is 123 Å². The van der Waals surface area contributed by atoms with Gasteiger partial charge in [-0.2, -0.15) is 13.2 Å². The zero-order valence-electron chi connectivity index (χ0n) is 18.2. The Balaban J connectivity index is 1.43. The van der Waals surface area contributed by atoms with E-state index in [9.17, 15) is 22.8 Å². The minimum Gasteiger partial charge on any atom is -0.342 e. The van der Waals surface area contributed by atoms with Crippen LogP contribution in [0.4, 0.5) is 19.0 Å². The molecule has 0 aromatic carbocycles. The van der Waals surface area contributed by atoms with Gasteiger partial charge in [-0.3, -0.25) is 14.6 Å². The van der Waals surface area contributed by atoms with E-state index in [4.69, 9.17) is 11.6 Å². The van der Waals surface area contributed by atoms with Crippen molar-refractivity contribution in [2.75, 3.05) is 5.32 Å². The maximum Gasteiger partial charge on any atom is 0.418 e. The van der Waals surface area contributed by atoms with Gasteiger partial charge in [-0.25, -0.2) is 19.9 Å². The number of nitrogens with zero attached hydrogens (tertiary/aromatic N) is 5. The second kappa shape index (κ2) is 10.3. The summed E-state index contributed by atoms with van der Waals surface area (Å²) in [5.74, 6) is -1.51. The van der Waals surface area contributed by atoms with Gasteiger partial charge in [0.2, 0.25) is 0 Å². The van der Waals surface area contributed by atoms with Crippen LogP contribution in [-0.2, 0) is 6.18 Å². The summed E-state index contributed by atoms with van der Waals surface area (Å²) in [7, 11) is 0. The summed E-state index contributed by atoms with van der Waals surface area (Å²) in [6.07, 6.45) is 1.85. The quantitative estimate of drug-likeness (QED) is 0.365. The number of rotatable bonds is 6. The molecule has 9 nitrogen and oxygen atoms in total. The number of hydrogen-bond donors (Lipinski definition) is 2. The number of halogens is 4. The largest absolute Gasteiger partial charge is 0.418 e. The van der Waals surface area contributed by atoms with Gasteiger partial charge in [0.25, 0.3) is 11.8 Å². The van der Waals surface area contributed by atoms with Crippen LogP contribution < -0.4 is 10.6 Å². The first-order chi connectivity index (χ1) is 17.1. The minimum atomic E-state index is -4.70. The molecule has 36 heavy (non-hydrogen) atoms. The molecule has 4 rings (SSSR count). The van der Waals surface area contributed by atoms with E-state index in [0.717, 1.165) is 23.1 Å².